The number of benzene rings is 1. The molecule has 4 rings (SSSR count). The molecule has 2 aliphatic rings. The van der Waals surface area contributed by atoms with Crippen molar-refractivity contribution in [1.29, 1.82) is 0 Å². The monoisotopic (exact) mass is 468 g/mol. The molecule has 2 aliphatic carbocycles. The predicted molar refractivity (Wildman–Crippen MR) is 129 cm³/mol. The van der Waals surface area contributed by atoms with E-state index in [1.54, 1.807) is 25.4 Å². The molecule has 0 spiro atoms. The van der Waals surface area contributed by atoms with E-state index in [0.29, 0.717) is 31.0 Å². The summed E-state index contributed by atoms with van der Waals surface area (Å²) in [4.78, 5) is 30.4. The van der Waals surface area contributed by atoms with Crippen LogP contribution < -0.4 is 9.47 Å². The van der Waals surface area contributed by atoms with Crippen LogP contribution >= 0.6 is 0 Å². The van der Waals surface area contributed by atoms with Crippen LogP contribution in [0.3, 0.4) is 0 Å². The van der Waals surface area contributed by atoms with Crippen LogP contribution in [-0.2, 0) is 22.6 Å². The number of hydrogen-bond acceptors (Lipinski definition) is 5. The molecule has 0 radical (unpaired) electrons. The molecular weight excluding hydrogens is 432 g/mol. The number of ether oxygens (including phenoxy) is 2. The lowest BCUT2D eigenvalue weighted by Crippen LogP contribution is -2.46. The molecular formula is C27H36N2O5. The smallest absolute Gasteiger partial charge is 0.242 e. The number of rotatable bonds is 11. The van der Waals surface area contributed by atoms with Gasteiger partial charge in [-0.15, -0.1) is 0 Å². The minimum Gasteiger partial charge on any atom is -0.493 e. The fraction of sp³-hybridized carbons (Fsp3) is 0.556. The zero-order valence-corrected chi connectivity index (χ0v) is 20.3. The minimum absolute atomic E-state index is 0.0343. The van der Waals surface area contributed by atoms with Gasteiger partial charge in [0.2, 0.25) is 11.8 Å². The number of furan rings is 1. The van der Waals surface area contributed by atoms with Gasteiger partial charge in [-0.05, 0) is 61.9 Å². The fourth-order valence-electron chi connectivity index (χ4n) is 4.79. The van der Waals surface area contributed by atoms with Crippen LogP contribution in [0.4, 0.5) is 0 Å². The van der Waals surface area contributed by atoms with Crippen molar-refractivity contribution < 1.29 is 23.5 Å². The molecule has 2 saturated carbocycles. The highest BCUT2D eigenvalue weighted by molar-refractivity contribution is 5.86. The highest BCUT2D eigenvalue weighted by Gasteiger charge is 2.37. The van der Waals surface area contributed by atoms with Gasteiger partial charge in [0.1, 0.15) is 12.3 Å². The summed E-state index contributed by atoms with van der Waals surface area (Å²) < 4.78 is 16.3. The summed E-state index contributed by atoms with van der Waals surface area (Å²) in [6.07, 6.45) is 9.60. The molecule has 7 heteroatoms. The van der Waals surface area contributed by atoms with E-state index in [2.05, 4.69) is 0 Å². The molecule has 34 heavy (non-hydrogen) atoms. The third kappa shape index (κ3) is 6.13. The van der Waals surface area contributed by atoms with Crippen molar-refractivity contribution in [2.75, 3.05) is 27.3 Å². The summed E-state index contributed by atoms with van der Waals surface area (Å²) in [6, 6.07) is 9.73. The van der Waals surface area contributed by atoms with Gasteiger partial charge >= 0.3 is 0 Å². The molecule has 2 fully saturated rings. The number of carbonyl (C=O) groups is 2. The van der Waals surface area contributed by atoms with E-state index in [9.17, 15) is 9.59 Å². The lowest BCUT2D eigenvalue weighted by Gasteiger charge is -2.31. The molecule has 1 aromatic carbocycles. The van der Waals surface area contributed by atoms with E-state index in [4.69, 9.17) is 13.9 Å². The van der Waals surface area contributed by atoms with Gasteiger partial charge in [0, 0.05) is 18.5 Å². The van der Waals surface area contributed by atoms with Gasteiger partial charge in [0.05, 0.1) is 27.0 Å². The van der Waals surface area contributed by atoms with Crippen molar-refractivity contribution in [3.05, 3.63) is 47.9 Å². The summed E-state index contributed by atoms with van der Waals surface area (Å²) in [5.41, 5.74) is 1.05. The van der Waals surface area contributed by atoms with Crippen molar-refractivity contribution in [3.63, 3.8) is 0 Å². The molecule has 2 aromatic rings. The van der Waals surface area contributed by atoms with E-state index in [0.717, 1.165) is 49.8 Å². The number of methoxy groups -OCH3 is 2. The second-order valence-corrected chi connectivity index (χ2v) is 9.37. The standard InChI is InChI=1S/C27H36N2O5/c1-32-24-13-10-20(17-25(24)33-2)14-15-28(18-23-9-6-16-34-23)26(30)19-29(22-11-12-22)27(31)21-7-4-3-5-8-21/h6,9-10,13,16-17,21-22H,3-5,7-8,11-12,14-15,18-19H2,1-2H3. The summed E-state index contributed by atoms with van der Waals surface area (Å²) in [5, 5.41) is 0. The van der Waals surface area contributed by atoms with Crippen LogP contribution in [0.25, 0.3) is 0 Å². The Hall–Kier alpha value is -2.96. The van der Waals surface area contributed by atoms with Crippen LogP contribution in [0.15, 0.2) is 41.0 Å². The van der Waals surface area contributed by atoms with Gasteiger partial charge in [-0.2, -0.15) is 0 Å². The van der Waals surface area contributed by atoms with Gasteiger partial charge in [-0.3, -0.25) is 9.59 Å². The molecule has 0 atom stereocenters. The van der Waals surface area contributed by atoms with Crippen molar-refractivity contribution >= 4 is 11.8 Å². The Morgan fingerprint density at radius 3 is 2.41 bits per heavy atom. The van der Waals surface area contributed by atoms with Gasteiger partial charge in [0.25, 0.3) is 0 Å². The van der Waals surface area contributed by atoms with E-state index >= 15 is 0 Å². The Kier molecular flexibility index (Phi) is 8.14. The molecule has 0 saturated heterocycles. The number of nitrogens with zero attached hydrogens (tertiary/aromatic N) is 2. The first-order valence-electron chi connectivity index (χ1n) is 12.4. The normalized spacial score (nSPS) is 16.2. The second kappa shape index (κ2) is 11.4. The van der Waals surface area contributed by atoms with E-state index < -0.39 is 0 Å². The van der Waals surface area contributed by atoms with E-state index in [-0.39, 0.29) is 30.3 Å². The van der Waals surface area contributed by atoms with Crippen molar-refractivity contribution in [3.8, 4) is 11.5 Å². The van der Waals surface area contributed by atoms with Gasteiger partial charge in [-0.25, -0.2) is 0 Å². The Labute approximate surface area is 202 Å². The largest absolute Gasteiger partial charge is 0.493 e. The number of amides is 2. The van der Waals surface area contributed by atoms with E-state index in [1.807, 2.05) is 35.2 Å². The zero-order valence-electron chi connectivity index (χ0n) is 20.3. The topological polar surface area (TPSA) is 72.2 Å². The second-order valence-electron chi connectivity index (χ2n) is 9.37. The quantitative estimate of drug-likeness (QED) is 0.488. The van der Waals surface area contributed by atoms with Gasteiger partial charge < -0.3 is 23.7 Å². The van der Waals surface area contributed by atoms with Crippen molar-refractivity contribution in [2.45, 2.75) is 64.0 Å². The molecule has 1 aromatic heterocycles. The first kappa shape index (κ1) is 24.2. The highest BCUT2D eigenvalue weighted by atomic mass is 16.5. The third-order valence-corrected chi connectivity index (χ3v) is 6.93. The molecule has 0 N–H and O–H groups in total. The number of hydrogen-bond donors (Lipinski definition) is 0. The molecule has 7 nitrogen and oxygen atoms in total. The molecule has 184 valence electrons. The van der Waals surface area contributed by atoms with Gasteiger partial charge in [0.15, 0.2) is 11.5 Å². The summed E-state index contributed by atoms with van der Waals surface area (Å²) in [5.74, 6) is 2.30. The Morgan fingerprint density at radius 2 is 1.76 bits per heavy atom. The lowest BCUT2D eigenvalue weighted by atomic mass is 9.88. The third-order valence-electron chi connectivity index (χ3n) is 6.93. The molecule has 0 unspecified atom stereocenters. The van der Waals surface area contributed by atoms with Crippen LogP contribution in [0.2, 0.25) is 0 Å². The number of carbonyl (C=O) groups excluding carboxylic acids is 2. The lowest BCUT2D eigenvalue weighted by molar-refractivity contribution is -0.144. The van der Waals surface area contributed by atoms with Crippen LogP contribution in [0.5, 0.6) is 11.5 Å². The molecule has 0 aliphatic heterocycles. The predicted octanol–water partition coefficient (Wildman–Crippen LogP) is 4.44. The average molecular weight is 469 g/mol. The summed E-state index contributed by atoms with van der Waals surface area (Å²) in [6.45, 7) is 1.05. The minimum atomic E-state index is -0.0343. The maximum absolute atomic E-state index is 13.5. The summed E-state index contributed by atoms with van der Waals surface area (Å²) >= 11 is 0. The van der Waals surface area contributed by atoms with E-state index in [1.165, 1.54) is 6.42 Å². The average Bonchev–Trinajstić information content (AvgIpc) is 3.59. The van der Waals surface area contributed by atoms with Crippen LogP contribution in [0, 0.1) is 5.92 Å². The maximum atomic E-state index is 13.5. The first-order chi connectivity index (χ1) is 16.6. The Morgan fingerprint density at radius 1 is 1.00 bits per heavy atom. The maximum Gasteiger partial charge on any atom is 0.242 e. The molecule has 2 amide bonds. The van der Waals surface area contributed by atoms with Crippen LogP contribution in [0.1, 0.15) is 56.3 Å². The highest BCUT2D eigenvalue weighted by Crippen LogP contribution is 2.32. The first-order valence-corrected chi connectivity index (χ1v) is 12.4. The van der Waals surface area contributed by atoms with Crippen molar-refractivity contribution in [1.82, 2.24) is 9.80 Å². The van der Waals surface area contributed by atoms with Crippen LogP contribution in [-0.4, -0.2) is 55.0 Å². The molecule has 1 heterocycles. The van der Waals surface area contributed by atoms with Gasteiger partial charge in [-0.1, -0.05) is 25.3 Å². The SMILES string of the molecule is COc1ccc(CCN(Cc2ccco2)C(=O)CN(C(=O)C2CCCCC2)C2CC2)cc1OC. The molecule has 0 bridgehead atoms. The summed E-state index contributed by atoms with van der Waals surface area (Å²) in [7, 11) is 3.23. The Balaban J connectivity index is 1.45. The fourth-order valence-corrected chi connectivity index (χ4v) is 4.79. The van der Waals surface area contributed by atoms with Crippen molar-refractivity contribution in [2.24, 2.45) is 5.92 Å². The zero-order chi connectivity index (χ0) is 23.9. The Bertz CT molecular complexity index is 948.